The van der Waals surface area contributed by atoms with Crippen LogP contribution in [-0.4, -0.2) is 5.11 Å². The minimum atomic E-state index is 0.0485. The second kappa shape index (κ2) is 5.51. The summed E-state index contributed by atoms with van der Waals surface area (Å²) in [6, 6.07) is 10.0. The summed E-state index contributed by atoms with van der Waals surface area (Å²) in [5, 5.41) is 10.9. The van der Waals surface area contributed by atoms with Crippen molar-refractivity contribution in [2.75, 3.05) is 0 Å². The number of phenols is 1. The van der Waals surface area contributed by atoms with Gasteiger partial charge in [-0.2, -0.15) is 0 Å². The highest BCUT2D eigenvalue weighted by atomic mass is 35.5. The Labute approximate surface area is 116 Å². The number of benzene rings is 2. The number of aromatic hydroxyl groups is 1. The van der Waals surface area contributed by atoms with Crippen molar-refractivity contribution in [3.8, 4) is 17.2 Å². The lowest BCUT2D eigenvalue weighted by molar-refractivity contribution is 0.411. The van der Waals surface area contributed by atoms with E-state index in [0.717, 1.165) is 12.0 Å². The second-order valence-electron chi connectivity index (χ2n) is 3.82. The summed E-state index contributed by atoms with van der Waals surface area (Å²) in [6.45, 7) is 2.02. The van der Waals surface area contributed by atoms with E-state index in [4.69, 9.17) is 27.9 Å². The monoisotopic (exact) mass is 282 g/mol. The van der Waals surface area contributed by atoms with Crippen molar-refractivity contribution in [2.24, 2.45) is 0 Å². The van der Waals surface area contributed by atoms with Crippen LogP contribution in [0.2, 0.25) is 10.0 Å². The Morgan fingerprint density at radius 1 is 1.11 bits per heavy atom. The predicted octanol–water partition coefficient (Wildman–Crippen LogP) is 5.05. The minimum absolute atomic E-state index is 0.0485. The standard InChI is InChI=1S/C14H12Cl2O2/c1-2-9-7-11(4-5-12(9)16)18-14-8-10(15)3-6-13(14)17/h3-8,17H,2H2,1H3. The number of aryl methyl sites for hydroxylation is 1. The maximum absolute atomic E-state index is 9.67. The number of ether oxygens (including phenoxy) is 1. The zero-order valence-electron chi connectivity index (χ0n) is 9.78. The summed E-state index contributed by atoms with van der Waals surface area (Å²) in [6.07, 6.45) is 0.817. The Morgan fingerprint density at radius 2 is 1.89 bits per heavy atom. The molecule has 0 unspecified atom stereocenters. The average Bonchev–Trinajstić information content (AvgIpc) is 2.36. The molecule has 0 aromatic heterocycles. The van der Waals surface area contributed by atoms with E-state index in [2.05, 4.69) is 0 Å². The fourth-order valence-electron chi connectivity index (χ4n) is 1.58. The molecule has 94 valence electrons. The van der Waals surface area contributed by atoms with Crippen LogP contribution in [0.1, 0.15) is 12.5 Å². The molecular formula is C14H12Cl2O2. The molecule has 0 aliphatic carbocycles. The molecule has 2 nitrogen and oxygen atoms in total. The van der Waals surface area contributed by atoms with Crippen molar-refractivity contribution in [3.05, 3.63) is 52.0 Å². The van der Waals surface area contributed by atoms with Crippen LogP contribution in [0.5, 0.6) is 17.2 Å². The van der Waals surface area contributed by atoms with Crippen molar-refractivity contribution in [1.82, 2.24) is 0 Å². The van der Waals surface area contributed by atoms with Gasteiger partial charge >= 0.3 is 0 Å². The van der Waals surface area contributed by atoms with E-state index in [0.29, 0.717) is 21.5 Å². The molecule has 4 heteroatoms. The molecule has 0 radical (unpaired) electrons. The quantitative estimate of drug-likeness (QED) is 0.853. The fraction of sp³-hybridized carbons (Fsp3) is 0.143. The lowest BCUT2D eigenvalue weighted by Gasteiger charge is -2.10. The van der Waals surface area contributed by atoms with E-state index >= 15 is 0 Å². The van der Waals surface area contributed by atoms with E-state index in [1.54, 1.807) is 24.3 Å². The third kappa shape index (κ3) is 2.89. The van der Waals surface area contributed by atoms with E-state index in [-0.39, 0.29) is 5.75 Å². The maximum atomic E-state index is 9.67. The Kier molecular flexibility index (Phi) is 4.00. The Balaban J connectivity index is 2.31. The maximum Gasteiger partial charge on any atom is 0.170 e. The average molecular weight is 283 g/mol. The number of phenolic OH excluding ortho intramolecular Hbond substituents is 1. The Hall–Kier alpha value is -1.38. The fourth-order valence-corrected chi connectivity index (χ4v) is 2.00. The molecule has 0 saturated carbocycles. The van der Waals surface area contributed by atoms with Gasteiger partial charge in [0.15, 0.2) is 11.5 Å². The van der Waals surface area contributed by atoms with Crippen LogP contribution in [0.15, 0.2) is 36.4 Å². The molecule has 0 heterocycles. The number of hydrogen-bond donors (Lipinski definition) is 1. The zero-order valence-corrected chi connectivity index (χ0v) is 11.3. The molecule has 1 N–H and O–H groups in total. The summed E-state index contributed by atoms with van der Waals surface area (Å²) in [5.74, 6) is 0.994. The highest BCUT2D eigenvalue weighted by molar-refractivity contribution is 6.31. The van der Waals surface area contributed by atoms with Gasteiger partial charge in [0, 0.05) is 16.1 Å². The molecule has 2 rings (SSSR count). The van der Waals surface area contributed by atoms with Gasteiger partial charge < -0.3 is 9.84 Å². The third-order valence-corrected chi connectivity index (χ3v) is 3.15. The lowest BCUT2D eigenvalue weighted by atomic mass is 10.1. The normalized spacial score (nSPS) is 10.4. The minimum Gasteiger partial charge on any atom is -0.504 e. The SMILES string of the molecule is CCc1cc(Oc2cc(Cl)ccc2O)ccc1Cl. The molecule has 0 spiro atoms. The molecule has 0 aliphatic heterocycles. The van der Waals surface area contributed by atoms with Crippen LogP contribution in [0.25, 0.3) is 0 Å². The molecule has 0 atom stereocenters. The van der Waals surface area contributed by atoms with Crippen LogP contribution in [0.4, 0.5) is 0 Å². The topological polar surface area (TPSA) is 29.5 Å². The molecule has 18 heavy (non-hydrogen) atoms. The summed E-state index contributed by atoms with van der Waals surface area (Å²) < 4.78 is 5.59. The predicted molar refractivity (Wildman–Crippen MR) is 74.0 cm³/mol. The van der Waals surface area contributed by atoms with Gasteiger partial charge in [-0.3, -0.25) is 0 Å². The molecule has 2 aromatic rings. The van der Waals surface area contributed by atoms with Crippen molar-refractivity contribution in [1.29, 1.82) is 0 Å². The van der Waals surface area contributed by atoms with Crippen LogP contribution < -0.4 is 4.74 Å². The Morgan fingerprint density at radius 3 is 2.61 bits per heavy atom. The Bertz CT molecular complexity index is 568. The molecule has 0 fully saturated rings. The zero-order chi connectivity index (χ0) is 13.1. The van der Waals surface area contributed by atoms with Gasteiger partial charge in [-0.1, -0.05) is 30.1 Å². The molecule has 2 aromatic carbocycles. The van der Waals surface area contributed by atoms with Gasteiger partial charge in [0.2, 0.25) is 0 Å². The van der Waals surface area contributed by atoms with Crippen molar-refractivity contribution in [2.45, 2.75) is 13.3 Å². The number of halogens is 2. The second-order valence-corrected chi connectivity index (χ2v) is 4.66. The number of hydrogen-bond acceptors (Lipinski definition) is 2. The summed E-state index contributed by atoms with van der Waals surface area (Å²) in [5.41, 5.74) is 0.996. The van der Waals surface area contributed by atoms with Crippen molar-refractivity contribution < 1.29 is 9.84 Å². The molecule has 0 amide bonds. The molecular weight excluding hydrogens is 271 g/mol. The largest absolute Gasteiger partial charge is 0.504 e. The summed E-state index contributed by atoms with van der Waals surface area (Å²) >= 11 is 11.9. The van der Waals surface area contributed by atoms with Crippen LogP contribution in [0, 0.1) is 0 Å². The van der Waals surface area contributed by atoms with Gasteiger partial charge in [0.05, 0.1) is 0 Å². The number of rotatable bonds is 3. The van der Waals surface area contributed by atoms with Crippen molar-refractivity contribution >= 4 is 23.2 Å². The van der Waals surface area contributed by atoms with Gasteiger partial charge in [-0.25, -0.2) is 0 Å². The van der Waals surface area contributed by atoms with E-state index in [1.807, 2.05) is 13.0 Å². The van der Waals surface area contributed by atoms with Crippen LogP contribution in [0.3, 0.4) is 0 Å². The van der Waals surface area contributed by atoms with E-state index < -0.39 is 0 Å². The van der Waals surface area contributed by atoms with Gasteiger partial charge in [0.25, 0.3) is 0 Å². The first-order valence-electron chi connectivity index (χ1n) is 5.55. The summed E-state index contributed by atoms with van der Waals surface area (Å²) in [7, 11) is 0. The van der Waals surface area contributed by atoms with Crippen LogP contribution >= 0.6 is 23.2 Å². The molecule has 0 aliphatic rings. The first kappa shape index (κ1) is 13.1. The van der Waals surface area contributed by atoms with Gasteiger partial charge in [0.1, 0.15) is 5.75 Å². The highest BCUT2D eigenvalue weighted by Gasteiger charge is 2.06. The highest BCUT2D eigenvalue weighted by Crippen LogP contribution is 2.34. The molecule has 0 bridgehead atoms. The first-order valence-corrected chi connectivity index (χ1v) is 6.30. The van der Waals surface area contributed by atoms with E-state index in [9.17, 15) is 5.11 Å². The summed E-state index contributed by atoms with van der Waals surface area (Å²) in [4.78, 5) is 0. The smallest absolute Gasteiger partial charge is 0.170 e. The van der Waals surface area contributed by atoms with Gasteiger partial charge in [-0.05, 0) is 42.3 Å². The van der Waals surface area contributed by atoms with Crippen molar-refractivity contribution in [3.63, 3.8) is 0 Å². The third-order valence-electron chi connectivity index (χ3n) is 2.55. The van der Waals surface area contributed by atoms with Crippen LogP contribution in [-0.2, 0) is 6.42 Å². The van der Waals surface area contributed by atoms with Gasteiger partial charge in [-0.15, -0.1) is 0 Å². The lowest BCUT2D eigenvalue weighted by Crippen LogP contribution is -1.88. The van der Waals surface area contributed by atoms with E-state index in [1.165, 1.54) is 6.07 Å². The molecule has 0 saturated heterocycles. The first-order chi connectivity index (χ1) is 8.60.